The molecule has 7 heteroatoms. The minimum atomic E-state index is 0.586. The lowest BCUT2D eigenvalue weighted by molar-refractivity contribution is 0.829. The Morgan fingerprint density at radius 2 is 1.75 bits per heavy atom. The predicted octanol–water partition coefficient (Wildman–Crippen LogP) is 1.32. The van der Waals surface area contributed by atoms with Gasteiger partial charge in [0.2, 0.25) is 17.8 Å². The van der Waals surface area contributed by atoms with E-state index in [2.05, 4.69) is 30.2 Å². The Bertz CT molecular complexity index is 613. The Hall–Kier alpha value is -2.18. The number of anilines is 2. The maximum absolute atomic E-state index is 4.59. The first-order valence-corrected chi connectivity index (χ1v) is 6.88. The quantitative estimate of drug-likeness (QED) is 0.909. The fourth-order valence-electron chi connectivity index (χ4n) is 2.33. The first-order valence-electron chi connectivity index (χ1n) is 6.88. The maximum Gasteiger partial charge on any atom is 0.241 e. The van der Waals surface area contributed by atoms with Crippen molar-refractivity contribution in [1.29, 1.82) is 0 Å². The molecule has 0 aromatic carbocycles. The van der Waals surface area contributed by atoms with E-state index in [-0.39, 0.29) is 0 Å². The van der Waals surface area contributed by atoms with Gasteiger partial charge in [0.25, 0.3) is 0 Å². The molecule has 1 saturated heterocycles. The molecule has 1 aliphatic heterocycles. The van der Waals surface area contributed by atoms with E-state index in [0.29, 0.717) is 11.9 Å². The third-order valence-corrected chi connectivity index (χ3v) is 3.69. The zero-order valence-corrected chi connectivity index (χ0v) is 12.1. The Morgan fingerprint density at radius 3 is 2.35 bits per heavy atom. The molecule has 3 rings (SSSR count). The predicted molar refractivity (Wildman–Crippen MR) is 77.4 cm³/mol. The van der Waals surface area contributed by atoms with Gasteiger partial charge in [-0.05, 0) is 26.7 Å². The van der Waals surface area contributed by atoms with Crippen LogP contribution in [0.4, 0.5) is 11.9 Å². The van der Waals surface area contributed by atoms with Gasteiger partial charge >= 0.3 is 0 Å². The molecule has 0 unspecified atom stereocenters. The van der Waals surface area contributed by atoms with Crippen molar-refractivity contribution in [3.05, 3.63) is 17.7 Å². The normalized spacial score (nSPS) is 14.8. The van der Waals surface area contributed by atoms with Gasteiger partial charge in [0.05, 0.1) is 5.69 Å². The summed E-state index contributed by atoms with van der Waals surface area (Å²) in [6.45, 7) is 6.01. The lowest BCUT2D eigenvalue weighted by Crippen LogP contribution is -2.22. The minimum absolute atomic E-state index is 0.586. The molecule has 1 fully saturated rings. The maximum atomic E-state index is 4.59. The van der Waals surface area contributed by atoms with Gasteiger partial charge in [0.15, 0.2) is 0 Å². The lowest BCUT2D eigenvalue weighted by atomic mass is 10.4. The highest BCUT2D eigenvalue weighted by Gasteiger charge is 2.18. The second-order valence-corrected chi connectivity index (χ2v) is 4.99. The molecule has 0 amide bonds. The molecule has 7 nitrogen and oxygen atoms in total. The fourth-order valence-corrected chi connectivity index (χ4v) is 2.33. The number of imidazole rings is 1. The van der Waals surface area contributed by atoms with Crippen LogP contribution < -0.4 is 10.2 Å². The van der Waals surface area contributed by atoms with Crippen molar-refractivity contribution >= 4 is 11.9 Å². The first kappa shape index (κ1) is 12.8. The van der Waals surface area contributed by atoms with E-state index in [4.69, 9.17) is 0 Å². The van der Waals surface area contributed by atoms with Crippen LogP contribution in [0.1, 0.15) is 24.2 Å². The summed E-state index contributed by atoms with van der Waals surface area (Å²) in [5, 5.41) is 3.00. The van der Waals surface area contributed by atoms with Gasteiger partial charge in [-0.15, -0.1) is 0 Å². The topological polar surface area (TPSA) is 71.8 Å². The molecule has 0 spiro atoms. The number of aryl methyl sites for hydroxylation is 1. The van der Waals surface area contributed by atoms with Crippen LogP contribution in [0.2, 0.25) is 0 Å². The van der Waals surface area contributed by atoms with Crippen LogP contribution in [0.15, 0.2) is 6.33 Å². The van der Waals surface area contributed by atoms with E-state index in [1.165, 1.54) is 12.8 Å². The van der Waals surface area contributed by atoms with Crippen molar-refractivity contribution in [1.82, 2.24) is 24.5 Å². The van der Waals surface area contributed by atoms with E-state index in [0.717, 1.165) is 30.4 Å². The molecule has 2 aromatic heterocycles. The summed E-state index contributed by atoms with van der Waals surface area (Å²) in [6, 6.07) is 0. The number of rotatable bonds is 3. The van der Waals surface area contributed by atoms with Crippen molar-refractivity contribution in [2.45, 2.75) is 26.7 Å². The monoisotopic (exact) mass is 273 g/mol. The van der Waals surface area contributed by atoms with Gasteiger partial charge in [-0.3, -0.25) is 4.57 Å². The molecular formula is C13H19N7. The van der Waals surface area contributed by atoms with Crippen LogP contribution in [-0.2, 0) is 0 Å². The van der Waals surface area contributed by atoms with E-state index in [1.807, 2.05) is 25.5 Å². The smallest absolute Gasteiger partial charge is 0.241 e. The van der Waals surface area contributed by atoms with Gasteiger partial charge < -0.3 is 10.2 Å². The second kappa shape index (κ2) is 5.07. The summed E-state index contributed by atoms with van der Waals surface area (Å²) < 4.78 is 1.90. The summed E-state index contributed by atoms with van der Waals surface area (Å²) in [5.74, 6) is 1.94. The van der Waals surface area contributed by atoms with Gasteiger partial charge in [-0.1, -0.05) is 0 Å². The minimum Gasteiger partial charge on any atom is -0.357 e. The summed E-state index contributed by atoms with van der Waals surface area (Å²) in [5.41, 5.74) is 2.03. The number of hydrogen-bond acceptors (Lipinski definition) is 6. The van der Waals surface area contributed by atoms with Gasteiger partial charge in [-0.25, -0.2) is 4.98 Å². The van der Waals surface area contributed by atoms with E-state index in [1.54, 1.807) is 6.33 Å². The van der Waals surface area contributed by atoms with Crippen LogP contribution in [-0.4, -0.2) is 44.6 Å². The Morgan fingerprint density at radius 1 is 1.05 bits per heavy atom. The third-order valence-electron chi connectivity index (χ3n) is 3.69. The number of aromatic nitrogens is 5. The fraction of sp³-hybridized carbons (Fsp3) is 0.538. The molecule has 0 radical (unpaired) electrons. The zero-order chi connectivity index (χ0) is 14.1. The van der Waals surface area contributed by atoms with Gasteiger partial charge in [0.1, 0.15) is 6.33 Å². The summed E-state index contributed by atoms with van der Waals surface area (Å²) >= 11 is 0. The number of hydrogen-bond donors (Lipinski definition) is 1. The molecule has 20 heavy (non-hydrogen) atoms. The highest BCUT2D eigenvalue weighted by Crippen LogP contribution is 2.19. The average molecular weight is 273 g/mol. The van der Waals surface area contributed by atoms with Crippen molar-refractivity contribution in [2.75, 3.05) is 30.4 Å². The highest BCUT2D eigenvalue weighted by molar-refractivity contribution is 5.41. The van der Waals surface area contributed by atoms with Crippen LogP contribution >= 0.6 is 0 Å². The molecule has 0 saturated carbocycles. The molecule has 1 N–H and O–H groups in total. The second-order valence-electron chi connectivity index (χ2n) is 4.99. The van der Waals surface area contributed by atoms with Crippen LogP contribution in [0, 0.1) is 13.8 Å². The molecule has 2 aromatic rings. The van der Waals surface area contributed by atoms with E-state index < -0.39 is 0 Å². The van der Waals surface area contributed by atoms with E-state index in [9.17, 15) is 0 Å². The van der Waals surface area contributed by atoms with E-state index >= 15 is 0 Å². The van der Waals surface area contributed by atoms with Crippen molar-refractivity contribution in [3.63, 3.8) is 0 Å². The van der Waals surface area contributed by atoms with Crippen molar-refractivity contribution in [3.8, 4) is 5.95 Å². The number of nitrogens with zero attached hydrogens (tertiary/aromatic N) is 6. The Kier molecular flexibility index (Phi) is 3.25. The molecule has 0 bridgehead atoms. The lowest BCUT2D eigenvalue weighted by Gasteiger charge is -2.16. The molecule has 3 heterocycles. The molecule has 106 valence electrons. The molecule has 1 aliphatic rings. The highest BCUT2D eigenvalue weighted by atomic mass is 15.3. The summed E-state index contributed by atoms with van der Waals surface area (Å²) in [4.78, 5) is 20.0. The van der Waals surface area contributed by atoms with Crippen LogP contribution in [0.3, 0.4) is 0 Å². The van der Waals surface area contributed by atoms with Crippen LogP contribution in [0.25, 0.3) is 5.95 Å². The molecule has 0 aliphatic carbocycles. The first-order chi connectivity index (χ1) is 9.69. The summed E-state index contributed by atoms with van der Waals surface area (Å²) in [6.07, 6.45) is 4.14. The zero-order valence-electron chi connectivity index (χ0n) is 12.1. The van der Waals surface area contributed by atoms with Crippen molar-refractivity contribution in [2.24, 2.45) is 0 Å². The average Bonchev–Trinajstić information content (AvgIpc) is 3.10. The third kappa shape index (κ3) is 2.19. The molecular weight excluding hydrogens is 254 g/mol. The molecule has 0 atom stereocenters. The SMILES string of the molecule is CNc1nc(N2CCCC2)nc(-n2cnc(C)c2C)n1. The van der Waals surface area contributed by atoms with Gasteiger partial charge in [-0.2, -0.15) is 15.0 Å². The van der Waals surface area contributed by atoms with Gasteiger partial charge in [0, 0.05) is 25.8 Å². The standard InChI is InChI=1S/C13H19N7/c1-9-10(2)20(8-15-9)13-17-11(14-3)16-12(18-13)19-6-4-5-7-19/h8H,4-7H2,1-3H3,(H,14,16,17,18). The number of nitrogens with one attached hydrogen (secondary N) is 1. The van der Waals surface area contributed by atoms with Crippen LogP contribution in [0.5, 0.6) is 0 Å². The Balaban J connectivity index is 2.06. The largest absolute Gasteiger partial charge is 0.357 e. The van der Waals surface area contributed by atoms with Crippen molar-refractivity contribution < 1.29 is 0 Å². The summed E-state index contributed by atoms with van der Waals surface area (Å²) in [7, 11) is 1.82. The Labute approximate surface area is 118 Å².